The summed E-state index contributed by atoms with van der Waals surface area (Å²) in [5.41, 5.74) is 1.86. The first kappa shape index (κ1) is 24.9. The highest BCUT2D eigenvalue weighted by Gasteiger charge is 2.26. The van der Waals surface area contributed by atoms with Gasteiger partial charge in [0.2, 0.25) is 15.7 Å². The molecule has 3 aromatic rings. The number of hydrogen-bond donors (Lipinski definition) is 2. The van der Waals surface area contributed by atoms with Crippen LogP contribution in [0.5, 0.6) is 17.2 Å². The van der Waals surface area contributed by atoms with Crippen LogP contribution >= 0.6 is 0 Å². The third-order valence-corrected chi connectivity index (χ3v) is 6.75. The molecule has 0 saturated heterocycles. The molecule has 0 atom stereocenters. The molecule has 0 aromatic heterocycles. The maximum atomic E-state index is 13.3. The molecule has 3 aromatic carbocycles. The molecule has 8 nitrogen and oxygen atoms in total. The summed E-state index contributed by atoms with van der Waals surface area (Å²) in [5, 5.41) is 5.73. The van der Waals surface area contributed by atoms with Gasteiger partial charge < -0.3 is 24.8 Å². The number of hydrogen-bond acceptors (Lipinski definition) is 7. The van der Waals surface area contributed by atoms with Gasteiger partial charge in [-0.1, -0.05) is 17.7 Å². The lowest BCUT2D eigenvalue weighted by Gasteiger charge is -2.17. The Kier molecular flexibility index (Phi) is 8.01. The maximum absolute atomic E-state index is 13.3. The number of sulfone groups is 1. The van der Waals surface area contributed by atoms with Gasteiger partial charge in [-0.05, 0) is 50.2 Å². The van der Waals surface area contributed by atoms with Crippen molar-refractivity contribution in [1.82, 2.24) is 0 Å². The molecule has 180 valence electrons. The molecule has 0 spiro atoms. The molecule has 0 fully saturated rings. The van der Waals surface area contributed by atoms with Crippen LogP contribution < -0.4 is 24.8 Å². The number of nitrogens with one attached hydrogen (secondary N) is 2. The van der Waals surface area contributed by atoms with Crippen LogP contribution in [0.15, 0.2) is 70.5 Å². The molecule has 1 amide bonds. The second-order valence-corrected chi connectivity index (χ2v) is 9.30. The highest BCUT2D eigenvalue weighted by molar-refractivity contribution is 7.91. The minimum atomic E-state index is -3.91. The van der Waals surface area contributed by atoms with Crippen LogP contribution in [0.25, 0.3) is 0 Å². The third kappa shape index (κ3) is 5.79. The number of ether oxygens (including phenoxy) is 3. The molecule has 0 radical (unpaired) electrons. The monoisotopic (exact) mass is 484 g/mol. The number of methoxy groups -OCH3 is 2. The molecule has 0 aliphatic rings. The van der Waals surface area contributed by atoms with E-state index < -0.39 is 9.84 Å². The van der Waals surface area contributed by atoms with E-state index in [1.54, 1.807) is 54.6 Å². The Labute approximate surface area is 199 Å². The molecular weight excluding hydrogens is 456 g/mol. The molecular formula is C25H28N2O6S. The number of amides is 1. The van der Waals surface area contributed by atoms with Crippen molar-refractivity contribution in [2.24, 2.45) is 0 Å². The molecule has 0 aliphatic heterocycles. The predicted molar refractivity (Wildman–Crippen MR) is 131 cm³/mol. The van der Waals surface area contributed by atoms with Gasteiger partial charge in [-0.2, -0.15) is 0 Å². The first-order valence-corrected chi connectivity index (χ1v) is 12.1. The van der Waals surface area contributed by atoms with Gasteiger partial charge in [-0.15, -0.1) is 0 Å². The second-order valence-electron chi connectivity index (χ2n) is 7.38. The molecule has 34 heavy (non-hydrogen) atoms. The smallest absolute Gasteiger partial charge is 0.243 e. The molecule has 9 heteroatoms. The Bertz CT molecular complexity index is 1240. The van der Waals surface area contributed by atoms with Gasteiger partial charge in [0.05, 0.1) is 38.0 Å². The highest BCUT2D eigenvalue weighted by atomic mass is 32.2. The Hall–Kier alpha value is -3.72. The van der Waals surface area contributed by atoms with Crippen LogP contribution in [0.1, 0.15) is 12.5 Å². The summed E-state index contributed by atoms with van der Waals surface area (Å²) in [6.07, 6.45) is 0. The van der Waals surface area contributed by atoms with Crippen molar-refractivity contribution in [3.05, 3.63) is 66.2 Å². The average Bonchev–Trinajstić information content (AvgIpc) is 2.83. The minimum Gasteiger partial charge on any atom is -0.497 e. The normalized spacial score (nSPS) is 10.9. The largest absolute Gasteiger partial charge is 0.497 e. The lowest BCUT2D eigenvalue weighted by molar-refractivity contribution is -0.114. The summed E-state index contributed by atoms with van der Waals surface area (Å²) >= 11 is 0. The fourth-order valence-corrected chi connectivity index (χ4v) is 4.72. The molecule has 0 aliphatic carbocycles. The van der Waals surface area contributed by atoms with E-state index in [1.807, 2.05) is 13.8 Å². The molecule has 3 rings (SSSR count). The van der Waals surface area contributed by atoms with Crippen LogP contribution in [-0.4, -0.2) is 41.7 Å². The lowest BCUT2D eigenvalue weighted by atomic mass is 10.2. The van der Waals surface area contributed by atoms with Crippen molar-refractivity contribution >= 4 is 27.1 Å². The van der Waals surface area contributed by atoms with Crippen LogP contribution in [0.2, 0.25) is 0 Å². The topological polar surface area (TPSA) is 103 Å². The van der Waals surface area contributed by atoms with Crippen molar-refractivity contribution < 1.29 is 27.4 Å². The van der Waals surface area contributed by atoms with Gasteiger partial charge >= 0.3 is 0 Å². The quantitative estimate of drug-likeness (QED) is 0.442. The van der Waals surface area contributed by atoms with Gasteiger partial charge in [0.1, 0.15) is 16.4 Å². The standard InChI is InChI=1S/C25H28N2O6S/c1-5-33-19-10-8-18(9-11-19)27-24(28)16-26-22-14-20(31-3)15-23(25(22)32-4)34(29,30)21-12-6-17(2)7-13-21/h6-15,26H,5,16H2,1-4H3,(H,27,28). The van der Waals surface area contributed by atoms with E-state index >= 15 is 0 Å². The van der Waals surface area contributed by atoms with E-state index in [0.29, 0.717) is 29.5 Å². The number of carbonyl (C=O) groups is 1. The number of anilines is 2. The summed E-state index contributed by atoms with van der Waals surface area (Å²) in [6.45, 7) is 4.20. The third-order valence-electron chi connectivity index (χ3n) is 4.98. The van der Waals surface area contributed by atoms with Gasteiger partial charge in [-0.3, -0.25) is 4.79 Å². The van der Waals surface area contributed by atoms with E-state index in [1.165, 1.54) is 20.3 Å². The van der Waals surface area contributed by atoms with E-state index in [-0.39, 0.29) is 28.0 Å². The minimum absolute atomic E-state index is 0.0624. The average molecular weight is 485 g/mol. The highest BCUT2D eigenvalue weighted by Crippen LogP contribution is 2.39. The Morgan fingerprint density at radius 2 is 1.59 bits per heavy atom. The lowest BCUT2D eigenvalue weighted by Crippen LogP contribution is -2.22. The molecule has 0 heterocycles. The fourth-order valence-electron chi connectivity index (χ4n) is 3.26. The Morgan fingerprint density at radius 3 is 2.18 bits per heavy atom. The van der Waals surface area contributed by atoms with E-state index in [9.17, 15) is 13.2 Å². The van der Waals surface area contributed by atoms with Crippen LogP contribution in [0, 0.1) is 6.92 Å². The van der Waals surface area contributed by atoms with Gasteiger partial charge in [0.25, 0.3) is 0 Å². The van der Waals surface area contributed by atoms with E-state index in [4.69, 9.17) is 14.2 Å². The fraction of sp³-hybridized carbons (Fsp3) is 0.240. The Morgan fingerprint density at radius 1 is 0.912 bits per heavy atom. The first-order chi connectivity index (χ1) is 16.3. The molecule has 0 saturated carbocycles. The number of rotatable bonds is 10. The van der Waals surface area contributed by atoms with Gasteiger partial charge in [-0.25, -0.2) is 8.42 Å². The zero-order valence-electron chi connectivity index (χ0n) is 19.5. The zero-order chi connectivity index (χ0) is 24.7. The van der Waals surface area contributed by atoms with Crippen molar-refractivity contribution in [3.63, 3.8) is 0 Å². The van der Waals surface area contributed by atoms with E-state index in [2.05, 4.69) is 10.6 Å². The van der Waals surface area contributed by atoms with E-state index in [0.717, 1.165) is 5.56 Å². The molecule has 2 N–H and O–H groups in total. The van der Waals surface area contributed by atoms with Crippen LogP contribution in [-0.2, 0) is 14.6 Å². The molecule has 0 bridgehead atoms. The summed E-state index contributed by atoms with van der Waals surface area (Å²) in [4.78, 5) is 12.6. The van der Waals surface area contributed by atoms with Gasteiger partial charge in [0, 0.05) is 17.8 Å². The zero-order valence-corrected chi connectivity index (χ0v) is 20.4. The van der Waals surface area contributed by atoms with Crippen molar-refractivity contribution in [2.75, 3.05) is 38.0 Å². The predicted octanol–water partition coefficient (Wildman–Crippen LogP) is 4.29. The van der Waals surface area contributed by atoms with Crippen molar-refractivity contribution in [2.45, 2.75) is 23.6 Å². The Balaban J connectivity index is 1.84. The number of carbonyl (C=O) groups excluding carboxylic acids is 1. The number of benzene rings is 3. The van der Waals surface area contributed by atoms with Crippen molar-refractivity contribution in [3.8, 4) is 17.2 Å². The number of aryl methyl sites for hydroxylation is 1. The summed E-state index contributed by atoms with van der Waals surface area (Å²) in [5.74, 6) is 0.787. The van der Waals surface area contributed by atoms with Crippen LogP contribution in [0.3, 0.4) is 0 Å². The first-order valence-electron chi connectivity index (χ1n) is 10.6. The summed E-state index contributed by atoms with van der Waals surface area (Å²) < 4.78 is 42.8. The van der Waals surface area contributed by atoms with Gasteiger partial charge in [0.15, 0.2) is 5.75 Å². The second kappa shape index (κ2) is 10.9. The maximum Gasteiger partial charge on any atom is 0.243 e. The van der Waals surface area contributed by atoms with Crippen LogP contribution in [0.4, 0.5) is 11.4 Å². The SMILES string of the molecule is CCOc1ccc(NC(=O)CNc2cc(OC)cc(S(=O)(=O)c3ccc(C)cc3)c2OC)cc1. The molecule has 0 unspecified atom stereocenters. The summed E-state index contributed by atoms with van der Waals surface area (Å²) in [6, 6.07) is 16.5. The van der Waals surface area contributed by atoms with Crippen molar-refractivity contribution in [1.29, 1.82) is 0 Å². The summed E-state index contributed by atoms with van der Waals surface area (Å²) in [7, 11) is -1.09.